The van der Waals surface area contributed by atoms with Crippen LogP contribution in [0.2, 0.25) is 0 Å². The van der Waals surface area contributed by atoms with Gasteiger partial charge in [-0.3, -0.25) is 4.98 Å². The number of alkyl halides is 1. The average molecular weight is 281 g/mol. The molecule has 102 valence electrons. The second-order valence-electron chi connectivity index (χ2n) is 4.36. The molecule has 0 aliphatic rings. The molecular formula is C13H17ClN4O. The second kappa shape index (κ2) is 6.02. The third kappa shape index (κ3) is 3.44. The van der Waals surface area contributed by atoms with Gasteiger partial charge in [-0.1, -0.05) is 12.1 Å². The lowest BCUT2D eigenvalue weighted by Crippen LogP contribution is -2.04. The minimum atomic E-state index is -0.0891. The molecule has 0 aliphatic heterocycles. The maximum atomic E-state index is 6.13. The Labute approximate surface area is 117 Å². The number of aryl methyl sites for hydroxylation is 1. The summed E-state index contributed by atoms with van der Waals surface area (Å²) in [5.41, 5.74) is 2.60. The van der Waals surface area contributed by atoms with E-state index in [4.69, 9.17) is 16.3 Å². The SMILES string of the molecule is CCC(Cl)c1cn(Cc2cc(OC)cc(C)n2)nn1. The highest BCUT2D eigenvalue weighted by Gasteiger charge is 2.10. The summed E-state index contributed by atoms with van der Waals surface area (Å²) in [6.45, 7) is 4.51. The Kier molecular flexibility index (Phi) is 4.37. The van der Waals surface area contributed by atoms with Gasteiger partial charge < -0.3 is 4.74 Å². The van der Waals surface area contributed by atoms with E-state index in [9.17, 15) is 0 Å². The molecule has 0 aliphatic carbocycles. The number of hydrogen-bond donors (Lipinski definition) is 0. The minimum absolute atomic E-state index is 0.0891. The number of ether oxygens (including phenoxy) is 1. The molecule has 2 aromatic heterocycles. The Morgan fingerprint density at radius 1 is 1.42 bits per heavy atom. The van der Waals surface area contributed by atoms with Gasteiger partial charge in [-0.25, -0.2) is 4.68 Å². The van der Waals surface area contributed by atoms with Crippen molar-refractivity contribution in [1.29, 1.82) is 0 Å². The smallest absolute Gasteiger partial charge is 0.122 e. The van der Waals surface area contributed by atoms with E-state index in [1.807, 2.05) is 32.2 Å². The van der Waals surface area contributed by atoms with E-state index in [0.717, 1.165) is 29.3 Å². The van der Waals surface area contributed by atoms with Gasteiger partial charge in [0, 0.05) is 17.8 Å². The lowest BCUT2D eigenvalue weighted by atomic mass is 10.2. The first-order valence-electron chi connectivity index (χ1n) is 6.18. The fourth-order valence-electron chi connectivity index (χ4n) is 1.81. The molecule has 0 amide bonds. The standard InChI is InChI=1S/C13H17ClN4O/c1-4-12(14)13-8-18(17-16-13)7-10-6-11(19-3)5-9(2)15-10/h5-6,8,12H,4,7H2,1-3H3. The Hall–Kier alpha value is -1.62. The number of nitrogens with zero attached hydrogens (tertiary/aromatic N) is 4. The van der Waals surface area contributed by atoms with Crippen LogP contribution in [-0.2, 0) is 6.54 Å². The van der Waals surface area contributed by atoms with Gasteiger partial charge in [-0.2, -0.15) is 0 Å². The predicted molar refractivity (Wildman–Crippen MR) is 73.5 cm³/mol. The van der Waals surface area contributed by atoms with Gasteiger partial charge in [0.25, 0.3) is 0 Å². The van der Waals surface area contributed by atoms with Crippen LogP contribution >= 0.6 is 11.6 Å². The monoisotopic (exact) mass is 280 g/mol. The average Bonchev–Trinajstić information content (AvgIpc) is 2.85. The molecule has 0 fully saturated rings. The number of pyridine rings is 1. The van der Waals surface area contributed by atoms with Crippen molar-refractivity contribution >= 4 is 11.6 Å². The predicted octanol–water partition coefficient (Wildman–Crippen LogP) is 2.73. The summed E-state index contributed by atoms with van der Waals surface area (Å²) in [5, 5.41) is 8.05. The maximum absolute atomic E-state index is 6.13. The number of halogens is 1. The summed E-state index contributed by atoms with van der Waals surface area (Å²) < 4.78 is 6.97. The van der Waals surface area contributed by atoms with Crippen LogP contribution in [0.15, 0.2) is 18.3 Å². The van der Waals surface area contributed by atoms with Gasteiger partial charge in [0.15, 0.2) is 0 Å². The highest BCUT2D eigenvalue weighted by Crippen LogP contribution is 2.21. The van der Waals surface area contributed by atoms with E-state index >= 15 is 0 Å². The summed E-state index contributed by atoms with van der Waals surface area (Å²) in [6, 6.07) is 3.79. The molecule has 6 heteroatoms. The molecule has 0 saturated carbocycles. The molecule has 0 aromatic carbocycles. The van der Waals surface area contributed by atoms with Crippen LogP contribution in [0.5, 0.6) is 5.75 Å². The van der Waals surface area contributed by atoms with Crippen LogP contribution in [0.3, 0.4) is 0 Å². The van der Waals surface area contributed by atoms with Crippen molar-refractivity contribution in [3.63, 3.8) is 0 Å². The molecule has 0 bridgehead atoms. The largest absolute Gasteiger partial charge is 0.497 e. The van der Waals surface area contributed by atoms with E-state index in [-0.39, 0.29) is 5.38 Å². The third-order valence-corrected chi connectivity index (χ3v) is 3.31. The normalized spacial score (nSPS) is 12.4. The number of hydrogen-bond acceptors (Lipinski definition) is 4. The second-order valence-corrected chi connectivity index (χ2v) is 4.88. The van der Waals surface area contributed by atoms with Gasteiger partial charge in [-0.05, 0) is 13.3 Å². The van der Waals surface area contributed by atoms with Crippen LogP contribution in [0, 0.1) is 6.92 Å². The van der Waals surface area contributed by atoms with Gasteiger partial charge in [-0.15, -0.1) is 16.7 Å². The highest BCUT2D eigenvalue weighted by atomic mass is 35.5. The zero-order valence-corrected chi connectivity index (χ0v) is 12.1. The zero-order chi connectivity index (χ0) is 13.8. The Balaban J connectivity index is 2.16. The number of methoxy groups -OCH3 is 1. The molecule has 5 nitrogen and oxygen atoms in total. The summed E-state index contributed by atoms with van der Waals surface area (Å²) >= 11 is 6.13. The lowest BCUT2D eigenvalue weighted by molar-refractivity contribution is 0.412. The van der Waals surface area contributed by atoms with Crippen LogP contribution in [-0.4, -0.2) is 27.1 Å². The summed E-state index contributed by atoms with van der Waals surface area (Å²) in [6.07, 6.45) is 2.69. The molecule has 19 heavy (non-hydrogen) atoms. The number of aromatic nitrogens is 4. The van der Waals surface area contributed by atoms with Gasteiger partial charge in [0.1, 0.15) is 11.4 Å². The fraction of sp³-hybridized carbons (Fsp3) is 0.462. The zero-order valence-electron chi connectivity index (χ0n) is 11.3. The quantitative estimate of drug-likeness (QED) is 0.790. The van der Waals surface area contributed by atoms with E-state index < -0.39 is 0 Å². The van der Waals surface area contributed by atoms with Crippen molar-refractivity contribution in [2.45, 2.75) is 32.2 Å². The first kappa shape index (κ1) is 13.8. The van der Waals surface area contributed by atoms with Gasteiger partial charge in [0.2, 0.25) is 0 Å². The topological polar surface area (TPSA) is 52.8 Å². The van der Waals surface area contributed by atoms with Crippen LogP contribution < -0.4 is 4.74 Å². The van der Waals surface area contributed by atoms with Crippen molar-refractivity contribution in [3.05, 3.63) is 35.4 Å². The van der Waals surface area contributed by atoms with Crippen LogP contribution in [0.4, 0.5) is 0 Å². The van der Waals surface area contributed by atoms with E-state index in [1.165, 1.54) is 0 Å². The summed E-state index contributed by atoms with van der Waals surface area (Å²) in [4.78, 5) is 4.45. The number of rotatable bonds is 5. The van der Waals surface area contributed by atoms with Crippen LogP contribution in [0.1, 0.15) is 35.8 Å². The molecule has 0 saturated heterocycles. The molecule has 0 N–H and O–H groups in total. The van der Waals surface area contributed by atoms with Gasteiger partial charge >= 0.3 is 0 Å². The van der Waals surface area contributed by atoms with Gasteiger partial charge in [0.05, 0.1) is 30.9 Å². The molecule has 2 aromatic rings. The lowest BCUT2D eigenvalue weighted by Gasteiger charge is -2.05. The van der Waals surface area contributed by atoms with Crippen molar-refractivity contribution < 1.29 is 4.74 Å². The third-order valence-electron chi connectivity index (χ3n) is 2.78. The fourth-order valence-corrected chi connectivity index (χ4v) is 1.91. The van der Waals surface area contributed by atoms with E-state index in [2.05, 4.69) is 15.3 Å². The molecular weight excluding hydrogens is 264 g/mol. The first-order chi connectivity index (χ1) is 9.12. The summed E-state index contributed by atoms with van der Waals surface area (Å²) in [5.74, 6) is 0.798. The van der Waals surface area contributed by atoms with Crippen molar-refractivity contribution in [1.82, 2.24) is 20.0 Å². The van der Waals surface area contributed by atoms with Crippen molar-refractivity contribution in [2.75, 3.05) is 7.11 Å². The molecule has 0 radical (unpaired) electrons. The maximum Gasteiger partial charge on any atom is 0.122 e. The van der Waals surface area contributed by atoms with Crippen molar-refractivity contribution in [3.8, 4) is 5.75 Å². The molecule has 1 unspecified atom stereocenters. The highest BCUT2D eigenvalue weighted by molar-refractivity contribution is 6.20. The minimum Gasteiger partial charge on any atom is -0.497 e. The van der Waals surface area contributed by atoms with Crippen molar-refractivity contribution in [2.24, 2.45) is 0 Å². The van der Waals surface area contributed by atoms with E-state index in [1.54, 1.807) is 11.8 Å². The Morgan fingerprint density at radius 2 is 2.21 bits per heavy atom. The first-order valence-corrected chi connectivity index (χ1v) is 6.61. The van der Waals surface area contributed by atoms with Crippen LogP contribution in [0.25, 0.3) is 0 Å². The molecule has 1 atom stereocenters. The van der Waals surface area contributed by atoms with E-state index in [0.29, 0.717) is 6.54 Å². The molecule has 0 spiro atoms. The summed E-state index contributed by atoms with van der Waals surface area (Å²) in [7, 11) is 1.64. The Bertz CT molecular complexity index is 555. The molecule has 2 rings (SSSR count). The molecule has 2 heterocycles. The Morgan fingerprint density at radius 3 is 2.89 bits per heavy atom.